The number of alkyl halides is 3. The zero-order chi connectivity index (χ0) is 17.1. The van der Waals surface area contributed by atoms with Crippen molar-refractivity contribution in [1.82, 2.24) is 4.90 Å². The second kappa shape index (κ2) is 6.42. The molecule has 0 spiro atoms. The molecule has 0 atom stereocenters. The molecule has 0 radical (unpaired) electrons. The Balaban J connectivity index is 3.10. The summed E-state index contributed by atoms with van der Waals surface area (Å²) in [5.74, 6) is -1.91. The molecule has 0 bridgehead atoms. The maximum atomic E-state index is 12.3. The summed E-state index contributed by atoms with van der Waals surface area (Å²) in [4.78, 5) is 23.8. The molecule has 1 heterocycles. The highest BCUT2D eigenvalue weighted by Crippen LogP contribution is 2.30. The van der Waals surface area contributed by atoms with Crippen LogP contribution in [0.3, 0.4) is 0 Å². The molecule has 0 aromatic heterocycles. The van der Waals surface area contributed by atoms with Crippen LogP contribution in [0.4, 0.5) is 18.0 Å². The van der Waals surface area contributed by atoms with Crippen LogP contribution in [0.2, 0.25) is 0 Å². The Hall–Kier alpha value is -1.98. The van der Waals surface area contributed by atoms with E-state index >= 15 is 0 Å². The van der Waals surface area contributed by atoms with Crippen LogP contribution in [0.1, 0.15) is 6.92 Å². The summed E-state index contributed by atoms with van der Waals surface area (Å²) in [7, 11) is -4.95. The Labute approximate surface area is 123 Å². The number of hydrogen-bond acceptors (Lipinski definition) is 7. The van der Waals surface area contributed by atoms with Gasteiger partial charge in [0.05, 0.1) is 32.4 Å². The Morgan fingerprint density at radius 3 is 2.32 bits per heavy atom. The van der Waals surface area contributed by atoms with E-state index in [1.807, 2.05) is 0 Å². The van der Waals surface area contributed by atoms with Gasteiger partial charge in [-0.2, -0.15) is 21.6 Å². The van der Waals surface area contributed by atoms with Crippen molar-refractivity contribution in [2.45, 2.75) is 12.4 Å². The van der Waals surface area contributed by atoms with Crippen LogP contribution in [0.5, 0.6) is 0 Å². The van der Waals surface area contributed by atoms with Crippen molar-refractivity contribution in [3.63, 3.8) is 0 Å². The topological polar surface area (TPSA) is 99.2 Å². The van der Waals surface area contributed by atoms with Gasteiger partial charge in [-0.15, -0.1) is 0 Å². The summed E-state index contributed by atoms with van der Waals surface area (Å²) in [5.41, 5.74) is -6.17. The van der Waals surface area contributed by atoms with E-state index in [-0.39, 0.29) is 6.61 Å². The number of amides is 1. The number of rotatable bonds is 4. The second-order valence-electron chi connectivity index (χ2n) is 3.93. The Morgan fingerprint density at radius 1 is 1.27 bits per heavy atom. The summed E-state index contributed by atoms with van der Waals surface area (Å²) >= 11 is 0. The molecule has 1 aliphatic rings. The van der Waals surface area contributed by atoms with E-state index in [0.29, 0.717) is 0 Å². The normalized spacial score (nSPS) is 15.8. The summed E-state index contributed by atoms with van der Waals surface area (Å²) in [6.45, 7) is 0.183. The molecule has 0 aliphatic carbocycles. The SMILES string of the molecule is CCOC(=O)C1=C(OS(=O)(=O)C(F)(F)F)CN(C(=O)OC)C1. The molecule has 22 heavy (non-hydrogen) atoms. The summed E-state index contributed by atoms with van der Waals surface area (Å²) in [6, 6.07) is 0. The zero-order valence-corrected chi connectivity index (χ0v) is 12.3. The van der Waals surface area contributed by atoms with E-state index in [1.165, 1.54) is 6.92 Å². The van der Waals surface area contributed by atoms with E-state index in [9.17, 15) is 31.2 Å². The number of esters is 1. The van der Waals surface area contributed by atoms with E-state index in [1.54, 1.807) is 0 Å². The fourth-order valence-electron chi connectivity index (χ4n) is 1.51. The lowest BCUT2D eigenvalue weighted by atomic mass is 10.3. The van der Waals surface area contributed by atoms with Crippen LogP contribution in [-0.4, -0.2) is 57.7 Å². The number of halogens is 3. The van der Waals surface area contributed by atoms with Crippen LogP contribution in [-0.2, 0) is 28.6 Å². The Morgan fingerprint density at radius 2 is 1.86 bits per heavy atom. The van der Waals surface area contributed by atoms with Crippen LogP contribution in [0.15, 0.2) is 11.3 Å². The second-order valence-corrected chi connectivity index (χ2v) is 5.47. The Kier molecular flexibility index (Phi) is 5.27. The number of carbonyl (C=O) groups excluding carboxylic acids is 2. The summed E-state index contributed by atoms with van der Waals surface area (Å²) in [6.07, 6.45) is -0.968. The van der Waals surface area contributed by atoms with E-state index in [0.717, 1.165) is 12.0 Å². The molecule has 1 aliphatic heterocycles. The fourth-order valence-corrected chi connectivity index (χ4v) is 2.03. The molecular weight excluding hydrogens is 335 g/mol. The van der Waals surface area contributed by atoms with Gasteiger partial charge >= 0.3 is 27.7 Å². The average Bonchev–Trinajstić information content (AvgIpc) is 2.80. The summed E-state index contributed by atoms with van der Waals surface area (Å²) in [5, 5.41) is 0. The van der Waals surface area contributed by atoms with Crippen LogP contribution in [0, 0.1) is 0 Å². The smallest absolute Gasteiger partial charge is 0.462 e. The standard InChI is InChI=1S/C10H12F3NO7S/c1-3-20-8(15)6-4-14(9(16)19-2)5-7(6)21-22(17,18)10(11,12)13/h3-5H2,1-2H3. The molecule has 126 valence electrons. The molecule has 12 heteroatoms. The number of nitrogens with zero attached hydrogens (tertiary/aromatic N) is 1. The molecule has 0 aromatic carbocycles. The number of methoxy groups -OCH3 is 1. The lowest BCUT2D eigenvalue weighted by molar-refractivity contribution is -0.138. The predicted molar refractivity (Wildman–Crippen MR) is 63.7 cm³/mol. The fraction of sp³-hybridized carbons (Fsp3) is 0.600. The first-order valence-electron chi connectivity index (χ1n) is 5.76. The third kappa shape index (κ3) is 3.81. The molecular formula is C10H12F3NO7S. The van der Waals surface area contributed by atoms with Crippen molar-refractivity contribution in [3.05, 3.63) is 11.3 Å². The van der Waals surface area contributed by atoms with Crippen LogP contribution in [0.25, 0.3) is 0 Å². The lowest BCUT2D eigenvalue weighted by Crippen LogP contribution is -2.31. The Bertz CT molecular complexity index is 596. The minimum absolute atomic E-state index is 0.0974. The summed E-state index contributed by atoms with van der Waals surface area (Å²) < 4.78 is 71.9. The number of carbonyl (C=O) groups is 2. The molecule has 8 nitrogen and oxygen atoms in total. The molecule has 1 rings (SSSR count). The quantitative estimate of drug-likeness (QED) is 0.420. The molecule has 0 saturated carbocycles. The third-order valence-electron chi connectivity index (χ3n) is 2.47. The average molecular weight is 347 g/mol. The van der Waals surface area contributed by atoms with Gasteiger partial charge in [-0.05, 0) is 6.92 Å². The van der Waals surface area contributed by atoms with Gasteiger partial charge in [-0.3, -0.25) is 4.90 Å². The largest absolute Gasteiger partial charge is 0.534 e. The highest BCUT2D eigenvalue weighted by Gasteiger charge is 2.50. The minimum atomic E-state index is -5.96. The molecule has 0 unspecified atom stereocenters. The van der Waals surface area contributed by atoms with Crippen molar-refractivity contribution >= 4 is 22.2 Å². The van der Waals surface area contributed by atoms with Crippen molar-refractivity contribution in [2.75, 3.05) is 26.8 Å². The minimum Gasteiger partial charge on any atom is -0.462 e. The third-order valence-corrected chi connectivity index (χ3v) is 3.46. The maximum Gasteiger partial charge on any atom is 0.534 e. The van der Waals surface area contributed by atoms with Gasteiger partial charge in [0.1, 0.15) is 0 Å². The van der Waals surface area contributed by atoms with Crippen LogP contribution < -0.4 is 0 Å². The van der Waals surface area contributed by atoms with Gasteiger partial charge in [-0.1, -0.05) is 0 Å². The predicted octanol–water partition coefficient (Wildman–Crippen LogP) is 0.752. The highest BCUT2D eigenvalue weighted by molar-refractivity contribution is 7.87. The number of ether oxygens (including phenoxy) is 2. The molecule has 0 N–H and O–H groups in total. The van der Waals surface area contributed by atoms with Gasteiger partial charge in [0.25, 0.3) is 0 Å². The maximum absolute atomic E-state index is 12.3. The zero-order valence-electron chi connectivity index (χ0n) is 11.5. The molecule has 0 fully saturated rings. The first kappa shape index (κ1) is 18.1. The molecule has 0 aromatic rings. The van der Waals surface area contributed by atoms with Gasteiger partial charge in [-0.25, -0.2) is 9.59 Å². The lowest BCUT2D eigenvalue weighted by Gasteiger charge is -2.14. The van der Waals surface area contributed by atoms with E-state index < -0.39 is 52.1 Å². The first-order chi connectivity index (χ1) is 10.0. The van der Waals surface area contributed by atoms with E-state index in [4.69, 9.17) is 0 Å². The van der Waals surface area contributed by atoms with Crippen molar-refractivity contribution in [2.24, 2.45) is 0 Å². The van der Waals surface area contributed by atoms with Gasteiger partial charge in [0, 0.05) is 0 Å². The first-order valence-corrected chi connectivity index (χ1v) is 7.17. The van der Waals surface area contributed by atoms with Gasteiger partial charge in [0.15, 0.2) is 5.76 Å². The monoisotopic (exact) mass is 347 g/mol. The van der Waals surface area contributed by atoms with Gasteiger partial charge in [0.2, 0.25) is 0 Å². The molecule has 0 saturated heterocycles. The van der Waals surface area contributed by atoms with Crippen LogP contribution >= 0.6 is 0 Å². The number of hydrogen-bond donors (Lipinski definition) is 0. The van der Waals surface area contributed by atoms with Crippen molar-refractivity contribution in [3.8, 4) is 0 Å². The van der Waals surface area contributed by atoms with Gasteiger partial charge < -0.3 is 13.7 Å². The highest BCUT2D eigenvalue weighted by atomic mass is 32.2. The van der Waals surface area contributed by atoms with Crippen molar-refractivity contribution in [1.29, 1.82) is 0 Å². The van der Waals surface area contributed by atoms with Crippen molar-refractivity contribution < 1.29 is 44.8 Å². The van der Waals surface area contributed by atoms with E-state index in [2.05, 4.69) is 13.7 Å². The molecule has 1 amide bonds.